The Hall–Kier alpha value is -1.81. The Morgan fingerprint density at radius 2 is 1.84 bits per heavy atom. The van der Waals surface area contributed by atoms with Gasteiger partial charge in [0.05, 0.1) is 0 Å². The molecule has 0 bridgehead atoms. The highest BCUT2D eigenvalue weighted by Gasteiger charge is 2.40. The minimum absolute atomic E-state index is 0.411. The molecule has 3 rings (SSSR count). The first-order chi connectivity index (χ1) is 9.20. The number of nitrogens with two attached hydrogens (primary N) is 2. The lowest BCUT2D eigenvalue weighted by atomic mass is 9.86. The Morgan fingerprint density at radius 1 is 1.16 bits per heavy atom. The maximum Gasteiger partial charge on any atom is 0.129 e. The average Bonchev–Trinajstić information content (AvgIpc) is 2.98. The van der Waals surface area contributed by atoms with Crippen LogP contribution in [0.1, 0.15) is 31.2 Å². The van der Waals surface area contributed by atoms with Crippen LogP contribution in [0, 0.1) is 5.92 Å². The Bertz CT molecular complexity index is 514. The minimum atomic E-state index is -0.607. The van der Waals surface area contributed by atoms with E-state index < -0.39 is 5.66 Å². The van der Waals surface area contributed by atoms with Crippen molar-refractivity contribution in [3.63, 3.8) is 0 Å². The van der Waals surface area contributed by atoms with Crippen molar-refractivity contribution in [1.29, 1.82) is 0 Å². The lowest BCUT2D eigenvalue weighted by Crippen LogP contribution is -2.61. The van der Waals surface area contributed by atoms with Gasteiger partial charge in [-0.05, 0) is 37.1 Å². The molecule has 0 spiro atoms. The summed E-state index contributed by atoms with van der Waals surface area (Å²) in [5.74, 6) is 0.411. The van der Waals surface area contributed by atoms with E-state index in [9.17, 15) is 0 Å². The highest BCUT2D eigenvalue weighted by atomic mass is 15.2. The van der Waals surface area contributed by atoms with E-state index in [0.717, 1.165) is 29.8 Å². The van der Waals surface area contributed by atoms with E-state index in [1.54, 1.807) is 12.4 Å². The van der Waals surface area contributed by atoms with Crippen molar-refractivity contribution in [2.24, 2.45) is 17.4 Å². The number of rotatable bonds is 2. The standard InChI is InChI=1S/C15H20N4/c16-14-6-5-13(11-7-9-18-10-8-11)19-15(14,17)12-3-1-2-4-12/h5-10,12,19H,1-4,16-17H2. The smallest absolute Gasteiger partial charge is 0.129 e. The highest BCUT2D eigenvalue weighted by molar-refractivity contribution is 5.68. The fourth-order valence-corrected chi connectivity index (χ4v) is 3.07. The molecule has 100 valence electrons. The van der Waals surface area contributed by atoms with Crippen molar-refractivity contribution < 1.29 is 0 Å². The SMILES string of the molecule is NC1=CC=C(c2ccncc2)NC1(N)C1CCCC1. The van der Waals surface area contributed by atoms with Crippen LogP contribution < -0.4 is 16.8 Å². The molecule has 4 heteroatoms. The first-order valence-electron chi connectivity index (χ1n) is 6.85. The largest absolute Gasteiger partial charge is 0.399 e. The van der Waals surface area contributed by atoms with Crippen molar-refractivity contribution in [2.45, 2.75) is 31.3 Å². The molecule has 1 aliphatic heterocycles. The fourth-order valence-electron chi connectivity index (χ4n) is 3.07. The van der Waals surface area contributed by atoms with Crippen LogP contribution in [0.3, 0.4) is 0 Å². The lowest BCUT2D eigenvalue weighted by Gasteiger charge is -2.40. The van der Waals surface area contributed by atoms with Crippen LogP contribution in [0.25, 0.3) is 5.70 Å². The molecular weight excluding hydrogens is 236 g/mol. The van der Waals surface area contributed by atoms with Crippen LogP contribution >= 0.6 is 0 Å². The number of nitrogens with one attached hydrogen (secondary N) is 1. The summed E-state index contributed by atoms with van der Waals surface area (Å²) in [6.45, 7) is 0. The average molecular weight is 256 g/mol. The minimum Gasteiger partial charge on any atom is -0.399 e. The van der Waals surface area contributed by atoms with Gasteiger partial charge in [0.15, 0.2) is 0 Å². The monoisotopic (exact) mass is 256 g/mol. The normalized spacial score (nSPS) is 27.6. The van der Waals surface area contributed by atoms with Crippen molar-refractivity contribution in [3.05, 3.63) is 47.9 Å². The summed E-state index contributed by atoms with van der Waals surface area (Å²) in [6, 6.07) is 3.95. The number of aromatic nitrogens is 1. The van der Waals surface area contributed by atoms with E-state index in [4.69, 9.17) is 11.5 Å². The van der Waals surface area contributed by atoms with Gasteiger partial charge in [-0.15, -0.1) is 0 Å². The predicted molar refractivity (Wildman–Crippen MR) is 76.5 cm³/mol. The van der Waals surface area contributed by atoms with E-state index in [2.05, 4.69) is 10.3 Å². The second-order valence-electron chi connectivity index (χ2n) is 5.41. The number of nitrogens with zero attached hydrogens (tertiary/aromatic N) is 1. The van der Waals surface area contributed by atoms with Crippen LogP contribution in [0.15, 0.2) is 42.4 Å². The van der Waals surface area contributed by atoms with Crippen molar-refractivity contribution in [2.75, 3.05) is 0 Å². The molecule has 1 unspecified atom stereocenters. The van der Waals surface area contributed by atoms with Crippen molar-refractivity contribution >= 4 is 5.70 Å². The lowest BCUT2D eigenvalue weighted by molar-refractivity contribution is 0.288. The molecule has 5 N–H and O–H groups in total. The van der Waals surface area contributed by atoms with E-state index in [1.165, 1.54) is 12.8 Å². The van der Waals surface area contributed by atoms with Crippen LogP contribution in [-0.4, -0.2) is 10.6 Å². The zero-order chi connectivity index (χ0) is 13.3. The van der Waals surface area contributed by atoms with Gasteiger partial charge in [0.25, 0.3) is 0 Å². The van der Waals surface area contributed by atoms with Crippen LogP contribution in [0.2, 0.25) is 0 Å². The zero-order valence-electron chi connectivity index (χ0n) is 11.0. The number of hydrogen-bond acceptors (Lipinski definition) is 4. The maximum atomic E-state index is 6.57. The van der Waals surface area contributed by atoms with Gasteiger partial charge in [0.1, 0.15) is 5.66 Å². The van der Waals surface area contributed by atoms with Gasteiger partial charge in [-0.25, -0.2) is 0 Å². The molecule has 0 aromatic carbocycles. The fraction of sp³-hybridized carbons (Fsp3) is 0.400. The molecule has 0 saturated heterocycles. The van der Waals surface area contributed by atoms with Gasteiger partial charge in [-0.1, -0.05) is 12.8 Å². The van der Waals surface area contributed by atoms with E-state index in [-0.39, 0.29) is 0 Å². The summed E-state index contributed by atoms with van der Waals surface area (Å²) in [7, 11) is 0. The summed E-state index contributed by atoms with van der Waals surface area (Å²) >= 11 is 0. The first-order valence-corrected chi connectivity index (χ1v) is 6.85. The Kier molecular flexibility index (Phi) is 3.03. The Labute approximate surface area is 113 Å². The number of allylic oxidation sites excluding steroid dienone is 2. The second kappa shape index (κ2) is 4.70. The molecule has 1 atom stereocenters. The molecule has 0 radical (unpaired) electrons. The molecule has 2 aliphatic rings. The van der Waals surface area contributed by atoms with Crippen molar-refractivity contribution in [1.82, 2.24) is 10.3 Å². The molecule has 2 heterocycles. The zero-order valence-corrected chi connectivity index (χ0v) is 11.0. The molecule has 0 amide bonds. The summed E-state index contributed by atoms with van der Waals surface area (Å²) in [5.41, 5.74) is 15.0. The number of hydrogen-bond donors (Lipinski definition) is 3. The second-order valence-corrected chi connectivity index (χ2v) is 5.41. The molecule has 1 aliphatic carbocycles. The summed E-state index contributed by atoms with van der Waals surface area (Å²) in [6.07, 6.45) is 12.3. The first kappa shape index (κ1) is 12.2. The van der Waals surface area contributed by atoms with E-state index in [0.29, 0.717) is 5.92 Å². The van der Waals surface area contributed by atoms with E-state index in [1.807, 2.05) is 24.3 Å². The summed E-state index contributed by atoms with van der Waals surface area (Å²) < 4.78 is 0. The molecule has 1 aromatic rings. The summed E-state index contributed by atoms with van der Waals surface area (Å²) in [5, 5.41) is 3.46. The molecule has 1 fully saturated rings. The van der Waals surface area contributed by atoms with Gasteiger partial charge in [-0.2, -0.15) is 0 Å². The van der Waals surface area contributed by atoms with Crippen molar-refractivity contribution in [3.8, 4) is 0 Å². The third-order valence-electron chi connectivity index (χ3n) is 4.24. The van der Waals surface area contributed by atoms with Crippen LogP contribution in [0.4, 0.5) is 0 Å². The highest BCUT2D eigenvalue weighted by Crippen LogP contribution is 2.36. The maximum absolute atomic E-state index is 6.57. The molecule has 1 aromatic heterocycles. The third-order valence-corrected chi connectivity index (χ3v) is 4.24. The van der Waals surface area contributed by atoms with Gasteiger partial charge in [0, 0.05) is 35.3 Å². The van der Waals surface area contributed by atoms with E-state index >= 15 is 0 Å². The number of pyridine rings is 1. The Balaban J connectivity index is 1.91. The summed E-state index contributed by atoms with van der Waals surface area (Å²) in [4.78, 5) is 4.04. The molecule has 19 heavy (non-hydrogen) atoms. The van der Waals surface area contributed by atoms with Gasteiger partial charge in [0.2, 0.25) is 0 Å². The van der Waals surface area contributed by atoms with Gasteiger partial charge in [-0.3, -0.25) is 4.98 Å². The topological polar surface area (TPSA) is 77.0 Å². The van der Waals surface area contributed by atoms with Gasteiger partial charge < -0.3 is 16.8 Å². The van der Waals surface area contributed by atoms with Gasteiger partial charge >= 0.3 is 0 Å². The quantitative estimate of drug-likeness (QED) is 0.753. The number of dihydropyridines is 1. The van der Waals surface area contributed by atoms with Crippen LogP contribution in [0.5, 0.6) is 0 Å². The molecule has 4 nitrogen and oxygen atoms in total. The third kappa shape index (κ3) is 2.12. The predicted octanol–water partition coefficient (Wildman–Crippen LogP) is 1.71. The van der Waals surface area contributed by atoms with Crippen LogP contribution in [-0.2, 0) is 0 Å². The Morgan fingerprint density at radius 3 is 2.53 bits per heavy atom. The molecule has 1 saturated carbocycles. The molecular formula is C15H20N4.